The Kier molecular flexibility index (Phi) is 5.30. The third kappa shape index (κ3) is 4.30. The number of aromatic carboxylic acids is 1. The summed E-state index contributed by atoms with van der Waals surface area (Å²) in [5.74, 6) is -0.450. The first-order chi connectivity index (χ1) is 14.1. The summed E-state index contributed by atoms with van der Waals surface area (Å²) in [4.78, 5) is 36.0. The first-order valence-corrected chi connectivity index (χ1v) is 9.27. The first kappa shape index (κ1) is 18.8. The van der Waals surface area contributed by atoms with Crippen molar-refractivity contribution in [3.05, 3.63) is 66.2 Å². The fraction of sp³-hybridized carbons (Fsp3) is 0.250. The number of carboxylic acid groups (broad SMARTS) is 1. The Morgan fingerprint density at radius 3 is 2.45 bits per heavy atom. The highest BCUT2D eigenvalue weighted by atomic mass is 16.4. The molecule has 1 aliphatic rings. The van der Waals surface area contributed by atoms with Gasteiger partial charge in [0, 0.05) is 56.9 Å². The van der Waals surface area contributed by atoms with E-state index in [1.54, 1.807) is 23.4 Å². The minimum absolute atomic E-state index is 0.140. The average Bonchev–Trinajstić information content (AvgIpc) is 3.25. The van der Waals surface area contributed by atoms with Crippen LogP contribution in [0.5, 0.6) is 0 Å². The van der Waals surface area contributed by atoms with Crippen LogP contribution in [0.25, 0.3) is 11.4 Å². The molecule has 1 fully saturated rings. The number of hydrogen-bond donors (Lipinski definition) is 1. The number of nitrogens with zero attached hydrogens (tertiary/aromatic N) is 6. The van der Waals surface area contributed by atoms with Gasteiger partial charge in [-0.1, -0.05) is 18.2 Å². The molecular formula is C20H20N6O3. The van der Waals surface area contributed by atoms with Crippen molar-refractivity contribution in [3.63, 3.8) is 0 Å². The van der Waals surface area contributed by atoms with Crippen molar-refractivity contribution in [2.24, 2.45) is 0 Å². The maximum absolute atomic E-state index is 12.5. The number of hydrogen-bond acceptors (Lipinski definition) is 6. The lowest BCUT2D eigenvalue weighted by Gasteiger charge is -2.34. The van der Waals surface area contributed by atoms with Gasteiger partial charge < -0.3 is 10.0 Å². The highest BCUT2D eigenvalue weighted by Crippen LogP contribution is 2.17. The van der Waals surface area contributed by atoms with Crippen LogP contribution in [0.1, 0.15) is 16.1 Å². The van der Waals surface area contributed by atoms with Gasteiger partial charge in [-0.25, -0.2) is 19.6 Å². The molecule has 29 heavy (non-hydrogen) atoms. The van der Waals surface area contributed by atoms with Crippen LogP contribution >= 0.6 is 0 Å². The predicted octanol–water partition coefficient (Wildman–Crippen LogP) is 1.82. The molecule has 0 radical (unpaired) electrons. The fourth-order valence-corrected chi connectivity index (χ4v) is 3.30. The molecule has 4 rings (SSSR count). The van der Waals surface area contributed by atoms with Crippen LogP contribution in [0.2, 0.25) is 0 Å². The highest BCUT2D eigenvalue weighted by molar-refractivity contribution is 5.86. The zero-order valence-electron chi connectivity index (χ0n) is 15.7. The van der Waals surface area contributed by atoms with Crippen LogP contribution in [0.3, 0.4) is 0 Å². The number of piperazine rings is 1. The molecule has 1 saturated heterocycles. The van der Waals surface area contributed by atoms with Crippen molar-refractivity contribution < 1.29 is 14.7 Å². The van der Waals surface area contributed by atoms with Crippen LogP contribution in [0.4, 0.5) is 4.79 Å². The van der Waals surface area contributed by atoms with Gasteiger partial charge in [0.1, 0.15) is 0 Å². The van der Waals surface area contributed by atoms with E-state index in [-0.39, 0.29) is 11.7 Å². The number of aromatic nitrogens is 4. The summed E-state index contributed by atoms with van der Waals surface area (Å²) in [7, 11) is 0. The molecule has 0 unspecified atom stereocenters. The van der Waals surface area contributed by atoms with Crippen molar-refractivity contribution in [3.8, 4) is 11.4 Å². The molecule has 0 atom stereocenters. The van der Waals surface area contributed by atoms with Gasteiger partial charge in [0.2, 0.25) is 0 Å². The molecule has 148 valence electrons. The van der Waals surface area contributed by atoms with E-state index in [1.807, 2.05) is 12.1 Å². The molecule has 0 saturated carbocycles. The molecule has 0 spiro atoms. The SMILES string of the molecule is O=C(O)c1ccn(C(=O)N2CCN(Cc3cccc(-c4ncccn4)c3)CC2)n1. The van der Waals surface area contributed by atoms with Crippen LogP contribution < -0.4 is 0 Å². The monoisotopic (exact) mass is 392 g/mol. The molecule has 3 aromatic rings. The molecule has 9 nitrogen and oxygen atoms in total. The third-order valence-electron chi connectivity index (χ3n) is 4.80. The van der Waals surface area contributed by atoms with Gasteiger partial charge in [-0.3, -0.25) is 4.90 Å². The minimum Gasteiger partial charge on any atom is -0.476 e. The zero-order valence-corrected chi connectivity index (χ0v) is 15.7. The summed E-state index contributed by atoms with van der Waals surface area (Å²) < 4.78 is 1.09. The topological polar surface area (TPSA) is 104 Å². The normalized spacial score (nSPS) is 14.7. The van der Waals surface area contributed by atoms with Crippen molar-refractivity contribution in [2.45, 2.75) is 6.54 Å². The number of carbonyl (C=O) groups is 2. The summed E-state index contributed by atoms with van der Waals surface area (Å²) in [5, 5.41) is 12.8. The van der Waals surface area contributed by atoms with Crippen molar-refractivity contribution in [1.82, 2.24) is 29.5 Å². The summed E-state index contributed by atoms with van der Waals surface area (Å²) in [6.07, 6.45) is 4.84. The van der Waals surface area contributed by atoms with Crippen LogP contribution in [0, 0.1) is 0 Å². The molecule has 1 N–H and O–H groups in total. The van der Waals surface area contributed by atoms with Gasteiger partial charge in [0.05, 0.1) is 0 Å². The second-order valence-electron chi connectivity index (χ2n) is 6.77. The molecular weight excluding hydrogens is 372 g/mol. The lowest BCUT2D eigenvalue weighted by atomic mass is 10.1. The quantitative estimate of drug-likeness (QED) is 0.722. The lowest BCUT2D eigenvalue weighted by Crippen LogP contribution is -2.49. The highest BCUT2D eigenvalue weighted by Gasteiger charge is 2.23. The Balaban J connectivity index is 1.35. The van der Waals surface area contributed by atoms with E-state index in [4.69, 9.17) is 5.11 Å². The summed E-state index contributed by atoms with van der Waals surface area (Å²) >= 11 is 0. The number of benzene rings is 1. The predicted molar refractivity (Wildman–Crippen MR) is 104 cm³/mol. The number of carbonyl (C=O) groups excluding carboxylic acids is 1. The molecule has 2 aromatic heterocycles. The molecule has 9 heteroatoms. The molecule has 1 aliphatic heterocycles. The van der Waals surface area contributed by atoms with E-state index < -0.39 is 5.97 Å². The zero-order chi connectivity index (χ0) is 20.2. The van der Waals surface area contributed by atoms with Gasteiger partial charge >= 0.3 is 12.0 Å². The van der Waals surface area contributed by atoms with E-state index in [0.717, 1.165) is 35.4 Å². The Hall–Kier alpha value is -3.59. The minimum atomic E-state index is -1.15. The number of carboxylic acids is 1. The molecule has 3 heterocycles. The lowest BCUT2D eigenvalue weighted by molar-refractivity contribution is 0.0689. The summed E-state index contributed by atoms with van der Waals surface area (Å²) in [6.45, 7) is 3.34. The standard InChI is InChI=1S/C20H20N6O3/c27-19(28)17-5-8-26(23-17)20(29)25-11-9-24(10-12-25)14-15-3-1-4-16(13-15)18-21-6-2-7-22-18/h1-8,13H,9-12,14H2,(H,27,28). The van der Waals surface area contributed by atoms with Gasteiger partial charge in [-0.15, -0.1) is 0 Å². The van der Waals surface area contributed by atoms with Gasteiger partial charge in [0.25, 0.3) is 0 Å². The van der Waals surface area contributed by atoms with Crippen molar-refractivity contribution >= 4 is 12.0 Å². The maximum Gasteiger partial charge on any atom is 0.356 e. The third-order valence-corrected chi connectivity index (χ3v) is 4.80. The van der Waals surface area contributed by atoms with Gasteiger partial charge in [0.15, 0.2) is 11.5 Å². The van der Waals surface area contributed by atoms with Crippen molar-refractivity contribution in [1.29, 1.82) is 0 Å². The van der Waals surface area contributed by atoms with Gasteiger partial charge in [-0.05, 0) is 23.8 Å². The number of amides is 1. The Morgan fingerprint density at radius 2 is 1.76 bits per heavy atom. The van der Waals surface area contributed by atoms with Crippen LogP contribution in [-0.2, 0) is 6.54 Å². The Bertz CT molecular complexity index is 1010. The Morgan fingerprint density at radius 1 is 1.00 bits per heavy atom. The molecule has 1 amide bonds. The van der Waals surface area contributed by atoms with Gasteiger partial charge in [-0.2, -0.15) is 9.78 Å². The van der Waals surface area contributed by atoms with E-state index >= 15 is 0 Å². The Labute approximate surface area is 167 Å². The molecule has 0 aliphatic carbocycles. The largest absolute Gasteiger partial charge is 0.476 e. The van der Waals surface area contributed by atoms with Crippen LogP contribution in [0.15, 0.2) is 55.0 Å². The second-order valence-corrected chi connectivity index (χ2v) is 6.77. The van der Waals surface area contributed by atoms with Crippen molar-refractivity contribution in [2.75, 3.05) is 26.2 Å². The maximum atomic E-state index is 12.5. The smallest absolute Gasteiger partial charge is 0.356 e. The summed E-state index contributed by atoms with van der Waals surface area (Å²) in [5.41, 5.74) is 2.00. The second kappa shape index (κ2) is 8.19. The van der Waals surface area contributed by atoms with E-state index in [0.29, 0.717) is 18.9 Å². The summed E-state index contributed by atoms with van der Waals surface area (Å²) in [6, 6.07) is 11.0. The van der Waals surface area contributed by atoms with E-state index in [9.17, 15) is 9.59 Å². The number of rotatable bonds is 4. The fourth-order valence-electron chi connectivity index (χ4n) is 3.30. The first-order valence-electron chi connectivity index (χ1n) is 9.27. The van der Waals surface area contributed by atoms with Crippen LogP contribution in [-0.4, -0.2) is 72.8 Å². The van der Waals surface area contributed by atoms with E-state index in [1.165, 1.54) is 12.3 Å². The van der Waals surface area contributed by atoms with E-state index in [2.05, 4.69) is 32.1 Å². The molecule has 0 bridgehead atoms. The average molecular weight is 392 g/mol. The molecule has 1 aromatic carbocycles.